The summed E-state index contributed by atoms with van der Waals surface area (Å²) < 4.78 is 3.00. The Balaban J connectivity index is 0.000000159. The molecule has 0 bridgehead atoms. The van der Waals surface area contributed by atoms with Crippen LogP contribution in [0.1, 0.15) is 41.9 Å². The number of aryl methyl sites for hydroxylation is 4. The molecule has 336 valence electrons. The number of carbonyl (C=O) groups is 2. The number of thiophene rings is 4. The van der Waals surface area contributed by atoms with Crippen molar-refractivity contribution in [2.24, 2.45) is 0 Å². The summed E-state index contributed by atoms with van der Waals surface area (Å²) >= 11 is 18.0. The van der Waals surface area contributed by atoms with Crippen molar-refractivity contribution in [1.29, 1.82) is 0 Å². The van der Waals surface area contributed by atoms with Gasteiger partial charge in [0.25, 0.3) is 5.91 Å². The molecule has 11 nitrogen and oxygen atoms in total. The van der Waals surface area contributed by atoms with Crippen LogP contribution in [0.3, 0.4) is 0 Å². The fraction of sp³-hybridized carbons (Fsp3) is 0.0800. The highest BCUT2D eigenvalue weighted by Crippen LogP contribution is 2.28. The molecule has 0 radical (unpaired) electrons. The number of nitrogens with one attached hydrogen (secondary N) is 3. The van der Waals surface area contributed by atoms with Gasteiger partial charge in [0.2, 0.25) is 11.1 Å². The number of aromatic amines is 3. The number of benzene rings is 2. The van der Waals surface area contributed by atoms with Gasteiger partial charge in [-0.15, -0.1) is 22.7 Å². The maximum atomic E-state index is 13.2. The minimum atomic E-state index is -0.855. The first-order chi connectivity index (χ1) is 32.5. The summed E-state index contributed by atoms with van der Waals surface area (Å²) in [6.07, 6.45) is 3.11. The quantitative estimate of drug-likeness (QED) is 0.0945. The third kappa shape index (κ3) is 12.6. The van der Waals surface area contributed by atoms with Crippen LogP contribution in [0.4, 0.5) is 0 Å². The molecule has 8 heterocycles. The first kappa shape index (κ1) is 46.8. The van der Waals surface area contributed by atoms with Gasteiger partial charge in [-0.25, -0.2) is 9.48 Å². The molecule has 0 aliphatic carbocycles. The van der Waals surface area contributed by atoms with Crippen molar-refractivity contribution in [2.45, 2.75) is 25.7 Å². The Bertz CT molecular complexity index is 3340. The summed E-state index contributed by atoms with van der Waals surface area (Å²) in [6.45, 7) is 0. The average Bonchev–Trinajstić information content (AvgIpc) is 4.21. The first-order valence-electron chi connectivity index (χ1n) is 20.6. The van der Waals surface area contributed by atoms with E-state index < -0.39 is 5.97 Å². The van der Waals surface area contributed by atoms with E-state index in [9.17, 15) is 19.2 Å². The standard InChI is InChI=1S/C25H18ClN3O2S2.C20H16ClN3OS.C5H4O2S/c26-23-9-8-20(33-23)7-6-19-14-22(28-29(19)25(31)17-10-11-32-15-17)18-12-21(27-24(30)13-18)16-4-2-1-3-5-16;21-19-9-8-16(26-19)7-6-15-12-18(24-23-15)14-10-17(22-20(25)11-14)13-4-2-1-3-5-13;6-5(7)4-1-2-8-3-4/h1-5,8-15H,6-7H2,(H,27,30);1-5,8-12H,6-7H2,(H,22,25)(H,23,24);1-3H,(H,6,7). The van der Waals surface area contributed by atoms with Gasteiger partial charge in [-0.1, -0.05) is 83.9 Å². The van der Waals surface area contributed by atoms with E-state index in [1.807, 2.05) is 120 Å². The molecular weight excluding hydrogens is 964 g/mol. The molecule has 10 aromatic rings. The number of carboxylic acid groups (broad SMARTS) is 1. The maximum absolute atomic E-state index is 13.2. The molecule has 17 heteroatoms. The number of hydrogen-bond acceptors (Lipinski definition) is 10. The van der Waals surface area contributed by atoms with Gasteiger partial charge in [0.05, 0.1) is 31.2 Å². The molecule has 8 aromatic heterocycles. The van der Waals surface area contributed by atoms with E-state index in [1.165, 1.54) is 49.6 Å². The summed E-state index contributed by atoms with van der Waals surface area (Å²) in [6, 6.07) is 41.5. The lowest BCUT2D eigenvalue weighted by Gasteiger charge is -2.05. The molecule has 0 saturated heterocycles. The number of carboxylic acids is 1. The van der Waals surface area contributed by atoms with E-state index in [4.69, 9.17) is 28.3 Å². The van der Waals surface area contributed by atoms with Gasteiger partial charge in [-0.3, -0.25) is 19.5 Å². The lowest BCUT2D eigenvalue weighted by molar-refractivity contribution is 0.0697. The number of hydrogen-bond donors (Lipinski definition) is 4. The average molecular weight is 1000 g/mol. The van der Waals surface area contributed by atoms with E-state index in [1.54, 1.807) is 40.3 Å². The van der Waals surface area contributed by atoms with Crippen molar-refractivity contribution in [1.82, 2.24) is 29.9 Å². The van der Waals surface area contributed by atoms with Gasteiger partial charge in [0.1, 0.15) is 0 Å². The van der Waals surface area contributed by atoms with Crippen LogP contribution in [-0.2, 0) is 25.7 Å². The van der Waals surface area contributed by atoms with Crippen LogP contribution in [0.5, 0.6) is 0 Å². The molecule has 0 spiro atoms. The summed E-state index contributed by atoms with van der Waals surface area (Å²) in [5, 5.41) is 27.4. The largest absolute Gasteiger partial charge is 0.478 e. The smallest absolute Gasteiger partial charge is 0.336 e. The summed E-state index contributed by atoms with van der Waals surface area (Å²) in [7, 11) is 0. The number of H-pyrrole nitrogens is 3. The Kier molecular flexibility index (Phi) is 15.5. The molecule has 0 saturated carbocycles. The van der Waals surface area contributed by atoms with Gasteiger partial charge in [-0.05, 0) is 108 Å². The third-order valence-electron chi connectivity index (χ3n) is 10.1. The van der Waals surface area contributed by atoms with Crippen LogP contribution in [-0.4, -0.2) is 46.9 Å². The SMILES string of the molecule is O=C(O)c1ccsc1.O=C(c1ccsc1)n1nc(-c2cc(-c3ccccc3)[nH]c(=O)c2)cc1CCc1ccc(Cl)s1.O=c1cc(-c2cc(CCc3ccc(Cl)s3)[nH]n2)cc(-c2ccccc2)[nH]1. The highest BCUT2D eigenvalue weighted by atomic mass is 35.5. The molecule has 10 rings (SSSR count). The first-order valence-corrected chi connectivity index (χ1v) is 24.9. The topological polar surface area (TPSA) is 167 Å². The molecule has 0 aliphatic heterocycles. The highest BCUT2D eigenvalue weighted by Gasteiger charge is 2.19. The number of nitrogens with zero attached hydrogens (tertiary/aromatic N) is 3. The minimum absolute atomic E-state index is 0.140. The van der Waals surface area contributed by atoms with Crippen molar-refractivity contribution in [3.05, 3.63) is 217 Å². The van der Waals surface area contributed by atoms with E-state index in [-0.39, 0.29) is 17.0 Å². The van der Waals surface area contributed by atoms with Crippen LogP contribution < -0.4 is 11.1 Å². The number of rotatable bonds is 12. The monoisotopic (exact) mass is 1000 g/mol. The molecule has 0 unspecified atom stereocenters. The van der Waals surface area contributed by atoms with Gasteiger partial charge >= 0.3 is 5.97 Å². The van der Waals surface area contributed by atoms with Gasteiger partial charge in [0, 0.05) is 66.5 Å². The molecule has 0 fully saturated rings. The molecule has 2 aromatic carbocycles. The molecular formula is C50H38Cl2N6O5S4. The van der Waals surface area contributed by atoms with Crippen molar-refractivity contribution in [3.8, 4) is 45.0 Å². The zero-order chi connectivity index (χ0) is 46.7. The second-order valence-electron chi connectivity index (χ2n) is 14.8. The third-order valence-corrected chi connectivity index (χ3v) is 14.1. The molecule has 0 atom stereocenters. The molecule has 0 amide bonds. The van der Waals surface area contributed by atoms with Crippen LogP contribution in [0, 0.1) is 0 Å². The number of halogens is 2. The summed E-state index contributed by atoms with van der Waals surface area (Å²) in [4.78, 5) is 55.9. The molecule has 0 aliphatic rings. The Morgan fingerprint density at radius 1 is 0.582 bits per heavy atom. The molecule has 67 heavy (non-hydrogen) atoms. The van der Waals surface area contributed by atoms with Crippen molar-refractivity contribution in [2.75, 3.05) is 0 Å². The lowest BCUT2D eigenvalue weighted by atomic mass is 10.1. The maximum Gasteiger partial charge on any atom is 0.336 e. The Morgan fingerprint density at radius 2 is 1.12 bits per heavy atom. The van der Waals surface area contributed by atoms with E-state index >= 15 is 0 Å². The highest BCUT2D eigenvalue weighted by molar-refractivity contribution is 7.16. The summed E-state index contributed by atoms with van der Waals surface area (Å²) in [5.41, 5.74) is 8.59. The van der Waals surface area contributed by atoms with Gasteiger partial charge < -0.3 is 15.1 Å². The summed E-state index contributed by atoms with van der Waals surface area (Å²) in [5.74, 6) is -1.04. The van der Waals surface area contributed by atoms with Crippen molar-refractivity contribution >= 4 is 80.4 Å². The minimum Gasteiger partial charge on any atom is -0.478 e. The zero-order valence-electron chi connectivity index (χ0n) is 35.2. The van der Waals surface area contributed by atoms with Crippen LogP contribution >= 0.6 is 68.5 Å². The van der Waals surface area contributed by atoms with E-state index in [0.717, 1.165) is 72.3 Å². The molecule has 4 N–H and O–H groups in total. The van der Waals surface area contributed by atoms with Crippen LogP contribution in [0.2, 0.25) is 8.67 Å². The fourth-order valence-corrected chi connectivity index (χ4v) is 10.3. The predicted octanol–water partition coefficient (Wildman–Crippen LogP) is 12.5. The number of carbonyl (C=O) groups excluding carboxylic acids is 1. The van der Waals surface area contributed by atoms with Gasteiger partial charge in [0.15, 0.2) is 0 Å². The Morgan fingerprint density at radius 3 is 1.61 bits per heavy atom. The Labute approximate surface area is 409 Å². The lowest BCUT2D eigenvalue weighted by Crippen LogP contribution is -2.16. The predicted molar refractivity (Wildman–Crippen MR) is 273 cm³/mol. The van der Waals surface area contributed by atoms with Crippen LogP contribution in [0.15, 0.2) is 165 Å². The van der Waals surface area contributed by atoms with Crippen molar-refractivity contribution in [3.63, 3.8) is 0 Å². The fourth-order valence-electron chi connectivity index (χ4n) is 6.86. The van der Waals surface area contributed by atoms with Crippen LogP contribution in [0.25, 0.3) is 45.0 Å². The van der Waals surface area contributed by atoms with E-state index in [2.05, 4.69) is 25.3 Å². The Hall–Kier alpha value is -6.72. The number of aromatic nitrogens is 6. The van der Waals surface area contributed by atoms with Gasteiger partial charge in [-0.2, -0.15) is 32.9 Å². The number of pyridine rings is 2. The zero-order valence-corrected chi connectivity index (χ0v) is 39.9. The normalized spacial score (nSPS) is 10.8. The number of aromatic carboxylic acids is 1. The van der Waals surface area contributed by atoms with Crippen molar-refractivity contribution < 1.29 is 14.7 Å². The van der Waals surface area contributed by atoms with E-state index in [0.29, 0.717) is 34.5 Å². The second-order valence-corrected chi connectivity index (χ2v) is 19.9. The second kappa shape index (κ2) is 22.2.